The standard InChI is InChI=1S/C15H17NO.ClH/c17-15(14-6-3-9-16-14)13-8-7-11-4-1-2-5-12(11)10-13;/h1-2,4-5,7-8,10,14-17H,3,6,9H2;1H/t14-,15?;/m1./s1. The Bertz CT molecular complexity index is 523. The normalized spacial score (nSPS) is 20.6. The van der Waals surface area contributed by atoms with Crippen molar-refractivity contribution in [1.29, 1.82) is 0 Å². The highest BCUT2D eigenvalue weighted by Gasteiger charge is 2.23. The van der Waals surface area contributed by atoms with Gasteiger partial charge in [0, 0.05) is 6.04 Å². The molecule has 0 spiro atoms. The molecule has 2 nitrogen and oxygen atoms in total. The monoisotopic (exact) mass is 263 g/mol. The molecule has 3 heteroatoms. The molecule has 1 aliphatic heterocycles. The summed E-state index contributed by atoms with van der Waals surface area (Å²) in [4.78, 5) is 0. The summed E-state index contributed by atoms with van der Waals surface area (Å²) in [5.41, 5.74) is 1.02. The van der Waals surface area contributed by atoms with Crippen molar-refractivity contribution in [3.8, 4) is 0 Å². The Labute approximate surface area is 113 Å². The van der Waals surface area contributed by atoms with Crippen molar-refractivity contribution in [1.82, 2.24) is 5.32 Å². The van der Waals surface area contributed by atoms with E-state index >= 15 is 0 Å². The third-order valence-electron chi connectivity index (χ3n) is 3.59. The van der Waals surface area contributed by atoms with Crippen molar-refractivity contribution < 1.29 is 5.11 Å². The van der Waals surface area contributed by atoms with Crippen LogP contribution in [0.2, 0.25) is 0 Å². The van der Waals surface area contributed by atoms with Crippen LogP contribution in [-0.4, -0.2) is 17.7 Å². The van der Waals surface area contributed by atoms with E-state index in [2.05, 4.69) is 29.6 Å². The molecule has 2 atom stereocenters. The van der Waals surface area contributed by atoms with E-state index in [1.54, 1.807) is 0 Å². The Morgan fingerprint density at radius 1 is 1.11 bits per heavy atom. The van der Waals surface area contributed by atoms with Crippen LogP contribution in [0.4, 0.5) is 0 Å². The third-order valence-corrected chi connectivity index (χ3v) is 3.59. The number of halogens is 1. The second kappa shape index (κ2) is 5.70. The smallest absolute Gasteiger partial charge is 0.0943 e. The van der Waals surface area contributed by atoms with Gasteiger partial charge < -0.3 is 10.4 Å². The average molecular weight is 264 g/mol. The molecule has 1 fully saturated rings. The van der Waals surface area contributed by atoms with E-state index in [9.17, 15) is 5.11 Å². The van der Waals surface area contributed by atoms with Crippen LogP contribution in [0.3, 0.4) is 0 Å². The fourth-order valence-corrected chi connectivity index (χ4v) is 2.61. The van der Waals surface area contributed by atoms with E-state index in [1.165, 1.54) is 10.8 Å². The summed E-state index contributed by atoms with van der Waals surface area (Å²) in [5.74, 6) is 0. The lowest BCUT2D eigenvalue weighted by Gasteiger charge is -2.19. The van der Waals surface area contributed by atoms with Crippen LogP contribution < -0.4 is 5.32 Å². The van der Waals surface area contributed by atoms with Gasteiger partial charge in [-0.1, -0.05) is 36.4 Å². The van der Waals surface area contributed by atoms with Crippen LogP contribution >= 0.6 is 12.4 Å². The molecule has 0 amide bonds. The first-order valence-corrected chi connectivity index (χ1v) is 6.25. The molecular formula is C15H18ClNO. The van der Waals surface area contributed by atoms with Crippen LogP contribution in [0.1, 0.15) is 24.5 Å². The molecule has 0 bridgehead atoms. The molecule has 3 rings (SSSR count). The van der Waals surface area contributed by atoms with Crippen LogP contribution in [-0.2, 0) is 0 Å². The first-order valence-electron chi connectivity index (χ1n) is 6.25. The number of aliphatic hydroxyl groups is 1. The molecule has 18 heavy (non-hydrogen) atoms. The maximum Gasteiger partial charge on any atom is 0.0943 e. The van der Waals surface area contributed by atoms with Crippen molar-refractivity contribution in [3.05, 3.63) is 48.0 Å². The Balaban J connectivity index is 0.00000120. The summed E-state index contributed by atoms with van der Waals surface area (Å²) in [7, 11) is 0. The zero-order chi connectivity index (χ0) is 11.7. The number of hydrogen-bond donors (Lipinski definition) is 2. The van der Waals surface area contributed by atoms with E-state index in [0.717, 1.165) is 24.9 Å². The van der Waals surface area contributed by atoms with Crippen LogP contribution in [0, 0.1) is 0 Å². The molecule has 1 aliphatic rings. The van der Waals surface area contributed by atoms with Crippen molar-refractivity contribution in [2.24, 2.45) is 0 Å². The quantitative estimate of drug-likeness (QED) is 0.873. The molecule has 2 aromatic carbocycles. The Hall–Kier alpha value is -1.09. The molecule has 0 aliphatic carbocycles. The van der Waals surface area contributed by atoms with Gasteiger partial charge in [-0.3, -0.25) is 0 Å². The summed E-state index contributed by atoms with van der Waals surface area (Å²) in [5, 5.41) is 16.1. The lowest BCUT2D eigenvalue weighted by Crippen LogP contribution is -2.28. The molecule has 96 valence electrons. The first kappa shape index (κ1) is 13.3. The number of fused-ring (bicyclic) bond motifs is 1. The molecule has 0 aromatic heterocycles. The lowest BCUT2D eigenvalue weighted by atomic mass is 9.98. The maximum atomic E-state index is 10.3. The van der Waals surface area contributed by atoms with Gasteiger partial charge >= 0.3 is 0 Å². The summed E-state index contributed by atoms with van der Waals surface area (Å²) in [6.07, 6.45) is 1.84. The van der Waals surface area contributed by atoms with Gasteiger partial charge in [0.15, 0.2) is 0 Å². The van der Waals surface area contributed by atoms with E-state index in [-0.39, 0.29) is 24.6 Å². The summed E-state index contributed by atoms with van der Waals surface area (Å²) >= 11 is 0. The van der Waals surface area contributed by atoms with Gasteiger partial charge in [0.2, 0.25) is 0 Å². The minimum atomic E-state index is -0.387. The van der Waals surface area contributed by atoms with Gasteiger partial charge in [-0.25, -0.2) is 0 Å². The Kier molecular flexibility index (Phi) is 4.23. The number of rotatable bonds is 2. The molecule has 1 saturated heterocycles. The van der Waals surface area contributed by atoms with Crippen molar-refractivity contribution in [3.63, 3.8) is 0 Å². The van der Waals surface area contributed by atoms with E-state index in [0.29, 0.717) is 0 Å². The molecule has 1 unspecified atom stereocenters. The summed E-state index contributed by atoms with van der Waals surface area (Å²) < 4.78 is 0. The fraction of sp³-hybridized carbons (Fsp3) is 0.333. The van der Waals surface area contributed by atoms with E-state index in [1.807, 2.05) is 18.2 Å². The van der Waals surface area contributed by atoms with Crippen molar-refractivity contribution in [2.75, 3.05) is 6.54 Å². The van der Waals surface area contributed by atoms with Crippen LogP contribution in [0.25, 0.3) is 10.8 Å². The number of benzene rings is 2. The molecule has 0 saturated carbocycles. The maximum absolute atomic E-state index is 10.3. The minimum Gasteiger partial charge on any atom is -0.387 e. The van der Waals surface area contributed by atoms with Crippen molar-refractivity contribution in [2.45, 2.75) is 25.0 Å². The SMILES string of the molecule is Cl.OC(c1ccc2ccccc2c1)[C@H]1CCCN1. The highest BCUT2D eigenvalue weighted by molar-refractivity contribution is 5.85. The second-order valence-electron chi connectivity index (χ2n) is 4.75. The number of hydrogen-bond acceptors (Lipinski definition) is 2. The molecule has 2 aromatic rings. The Morgan fingerprint density at radius 2 is 1.89 bits per heavy atom. The van der Waals surface area contributed by atoms with E-state index < -0.39 is 0 Å². The third kappa shape index (κ3) is 2.51. The molecule has 1 heterocycles. The minimum absolute atomic E-state index is 0. The molecular weight excluding hydrogens is 246 g/mol. The zero-order valence-corrected chi connectivity index (χ0v) is 11.0. The fourth-order valence-electron chi connectivity index (χ4n) is 2.61. The van der Waals surface area contributed by atoms with Gasteiger partial charge in [0.05, 0.1) is 6.10 Å². The number of aliphatic hydroxyl groups excluding tert-OH is 1. The molecule has 0 radical (unpaired) electrons. The first-order chi connectivity index (χ1) is 8.34. The second-order valence-corrected chi connectivity index (χ2v) is 4.75. The zero-order valence-electron chi connectivity index (χ0n) is 10.2. The number of nitrogens with one attached hydrogen (secondary N) is 1. The van der Waals surface area contributed by atoms with Crippen LogP contribution in [0.5, 0.6) is 0 Å². The highest BCUT2D eigenvalue weighted by Crippen LogP contribution is 2.25. The summed E-state index contributed by atoms with van der Waals surface area (Å²) in [6, 6.07) is 14.7. The Morgan fingerprint density at radius 3 is 2.61 bits per heavy atom. The van der Waals surface area contributed by atoms with Gasteiger partial charge in [-0.15, -0.1) is 12.4 Å². The lowest BCUT2D eigenvalue weighted by molar-refractivity contribution is 0.137. The van der Waals surface area contributed by atoms with Gasteiger partial charge in [0.1, 0.15) is 0 Å². The van der Waals surface area contributed by atoms with E-state index in [4.69, 9.17) is 0 Å². The predicted molar refractivity (Wildman–Crippen MR) is 77.2 cm³/mol. The van der Waals surface area contributed by atoms with Gasteiger partial charge in [-0.05, 0) is 41.8 Å². The topological polar surface area (TPSA) is 32.3 Å². The molecule has 2 N–H and O–H groups in total. The van der Waals surface area contributed by atoms with Crippen molar-refractivity contribution >= 4 is 23.2 Å². The average Bonchev–Trinajstić information content (AvgIpc) is 2.91. The highest BCUT2D eigenvalue weighted by atomic mass is 35.5. The van der Waals surface area contributed by atoms with Gasteiger partial charge in [-0.2, -0.15) is 0 Å². The van der Waals surface area contributed by atoms with Crippen LogP contribution in [0.15, 0.2) is 42.5 Å². The summed E-state index contributed by atoms with van der Waals surface area (Å²) in [6.45, 7) is 1.02. The largest absolute Gasteiger partial charge is 0.387 e. The predicted octanol–water partition coefficient (Wildman–Crippen LogP) is 3.05. The van der Waals surface area contributed by atoms with Gasteiger partial charge in [0.25, 0.3) is 0 Å².